The number of hydrogen-bond acceptors (Lipinski definition) is 6. The number of halogens is 7. The van der Waals surface area contributed by atoms with Crippen LogP contribution in [0.25, 0.3) is 0 Å². The second-order valence-electron chi connectivity index (χ2n) is 4.73. The van der Waals surface area contributed by atoms with E-state index in [1.165, 1.54) is 36.8 Å². The Bertz CT molecular complexity index is 789. The van der Waals surface area contributed by atoms with Crippen molar-refractivity contribution >= 4 is 54.5 Å². The maximum Gasteiger partial charge on any atom is 0.387 e. The molecule has 0 atom stereocenters. The maximum atomic E-state index is 11.6. The average Bonchev–Trinajstić information content (AvgIpc) is 2.68. The van der Waals surface area contributed by atoms with Gasteiger partial charge in [0.15, 0.2) is 0 Å². The standard InChI is InChI=1S/C6H4BrF2NO.C6H4F2INO.C5H4BrNO/c7-5-2-1-4(3-10-5)11-6(8)9;7-6(8)11-4-1-2-5(9)10-3-4;6-5-2-1-4(8)3-7-5/h2*1-3,6H;1-3,8H. The van der Waals surface area contributed by atoms with Gasteiger partial charge in [-0.25, -0.2) is 15.0 Å². The summed E-state index contributed by atoms with van der Waals surface area (Å²) in [7, 11) is 0. The van der Waals surface area contributed by atoms with Crippen LogP contribution in [0, 0.1) is 3.70 Å². The zero-order valence-electron chi connectivity index (χ0n) is 14.6. The largest absolute Gasteiger partial charge is 0.506 e. The maximum absolute atomic E-state index is 11.6. The minimum Gasteiger partial charge on any atom is -0.506 e. The quantitative estimate of drug-likeness (QED) is 0.200. The van der Waals surface area contributed by atoms with E-state index in [9.17, 15) is 17.6 Å². The summed E-state index contributed by atoms with van der Waals surface area (Å²) < 4.78 is 56.4. The Balaban J connectivity index is 0.000000228. The lowest BCUT2D eigenvalue weighted by Gasteiger charge is -2.01. The Morgan fingerprint density at radius 2 is 1.20 bits per heavy atom. The van der Waals surface area contributed by atoms with Gasteiger partial charge >= 0.3 is 13.2 Å². The van der Waals surface area contributed by atoms with E-state index in [1.807, 2.05) is 22.6 Å². The number of ether oxygens (including phenoxy) is 2. The number of pyridine rings is 3. The topological polar surface area (TPSA) is 77.4 Å². The van der Waals surface area contributed by atoms with E-state index in [-0.39, 0.29) is 17.2 Å². The first-order valence-corrected chi connectivity index (χ1v) is 10.3. The van der Waals surface area contributed by atoms with E-state index in [4.69, 9.17) is 5.11 Å². The molecule has 3 heterocycles. The molecule has 3 aromatic heterocycles. The van der Waals surface area contributed by atoms with E-state index in [1.54, 1.807) is 18.2 Å². The van der Waals surface area contributed by atoms with E-state index in [2.05, 4.69) is 56.3 Å². The fourth-order valence-electron chi connectivity index (χ4n) is 1.44. The molecule has 0 aromatic carbocycles. The van der Waals surface area contributed by atoms with Crippen molar-refractivity contribution in [1.82, 2.24) is 15.0 Å². The van der Waals surface area contributed by atoms with Crippen LogP contribution in [0.1, 0.15) is 0 Å². The van der Waals surface area contributed by atoms with Gasteiger partial charge in [-0.1, -0.05) is 0 Å². The third-order valence-electron chi connectivity index (χ3n) is 2.56. The molecular formula is C17H12Br2F4IN3O3. The van der Waals surface area contributed by atoms with Crippen molar-refractivity contribution in [2.75, 3.05) is 0 Å². The van der Waals surface area contributed by atoms with Crippen LogP contribution in [-0.4, -0.2) is 33.3 Å². The first-order chi connectivity index (χ1) is 14.2. The highest BCUT2D eigenvalue weighted by Crippen LogP contribution is 2.15. The van der Waals surface area contributed by atoms with Crippen LogP contribution < -0.4 is 9.47 Å². The molecule has 1 N–H and O–H groups in total. The molecular weight excluding hydrogens is 657 g/mol. The van der Waals surface area contributed by atoms with Gasteiger partial charge in [-0.3, -0.25) is 0 Å². The highest BCUT2D eigenvalue weighted by atomic mass is 127. The van der Waals surface area contributed by atoms with Gasteiger partial charge < -0.3 is 14.6 Å². The van der Waals surface area contributed by atoms with E-state index >= 15 is 0 Å². The number of alkyl halides is 4. The molecule has 3 aromatic rings. The van der Waals surface area contributed by atoms with Crippen LogP contribution in [-0.2, 0) is 0 Å². The SMILES string of the molecule is FC(F)Oc1ccc(Br)nc1.FC(F)Oc1ccc(I)nc1.Oc1ccc(Br)nc1. The van der Waals surface area contributed by atoms with Crippen LogP contribution in [0.4, 0.5) is 17.6 Å². The molecule has 0 unspecified atom stereocenters. The van der Waals surface area contributed by atoms with Crippen LogP contribution in [0.5, 0.6) is 17.2 Å². The summed E-state index contributed by atoms with van der Waals surface area (Å²) in [6.45, 7) is -5.57. The van der Waals surface area contributed by atoms with E-state index < -0.39 is 13.2 Å². The zero-order valence-corrected chi connectivity index (χ0v) is 19.9. The number of hydrogen-bond donors (Lipinski definition) is 1. The predicted octanol–water partition coefficient (Wildman–Crippen LogP) is 6.28. The molecule has 0 bridgehead atoms. The van der Waals surface area contributed by atoms with Gasteiger partial charge in [0.05, 0.1) is 18.6 Å². The molecule has 30 heavy (non-hydrogen) atoms. The first-order valence-electron chi connectivity index (χ1n) is 7.59. The summed E-state index contributed by atoms with van der Waals surface area (Å²) in [6, 6.07) is 9.21. The Kier molecular flexibility index (Phi) is 12.5. The van der Waals surface area contributed by atoms with Crippen molar-refractivity contribution in [2.24, 2.45) is 0 Å². The lowest BCUT2D eigenvalue weighted by atomic mass is 10.5. The second kappa shape index (κ2) is 14.3. The molecule has 0 aliphatic heterocycles. The van der Waals surface area contributed by atoms with Gasteiger partial charge in [0.2, 0.25) is 0 Å². The lowest BCUT2D eigenvalue weighted by molar-refractivity contribution is -0.0507. The van der Waals surface area contributed by atoms with Crippen molar-refractivity contribution in [1.29, 1.82) is 0 Å². The second-order valence-corrected chi connectivity index (χ2v) is 7.46. The fraction of sp³-hybridized carbons (Fsp3) is 0.118. The van der Waals surface area contributed by atoms with Crippen molar-refractivity contribution < 1.29 is 32.1 Å². The van der Waals surface area contributed by atoms with Gasteiger partial charge in [-0.05, 0) is 90.8 Å². The first kappa shape index (κ1) is 26.3. The summed E-state index contributed by atoms with van der Waals surface area (Å²) in [5, 5.41) is 8.67. The van der Waals surface area contributed by atoms with Gasteiger partial charge in [-0.15, -0.1) is 0 Å². The van der Waals surface area contributed by atoms with E-state index in [0.717, 1.165) is 8.30 Å². The molecule has 0 saturated carbocycles. The van der Waals surface area contributed by atoms with Crippen molar-refractivity contribution in [3.63, 3.8) is 0 Å². The average molecular weight is 669 g/mol. The molecule has 0 amide bonds. The van der Waals surface area contributed by atoms with Gasteiger partial charge in [0.25, 0.3) is 0 Å². The normalized spacial score (nSPS) is 9.90. The minimum atomic E-state index is -2.79. The third-order valence-corrected chi connectivity index (χ3v) is 4.14. The third kappa shape index (κ3) is 12.7. The number of rotatable bonds is 4. The van der Waals surface area contributed by atoms with Crippen LogP contribution in [0.15, 0.2) is 64.2 Å². The Morgan fingerprint density at radius 1 is 0.733 bits per heavy atom. The molecule has 13 heteroatoms. The Labute approximate surface area is 199 Å². The molecule has 0 spiro atoms. The molecule has 0 aliphatic carbocycles. The summed E-state index contributed by atoms with van der Waals surface area (Å²) in [5.41, 5.74) is 0. The highest BCUT2D eigenvalue weighted by molar-refractivity contribution is 14.1. The van der Waals surface area contributed by atoms with Crippen LogP contribution in [0.3, 0.4) is 0 Å². The molecule has 3 rings (SSSR count). The minimum absolute atomic E-state index is 0.0585. The number of nitrogens with zero attached hydrogens (tertiary/aromatic N) is 3. The molecule has 162 valence electrons. The zero-order chi connectivity index (χ0) is 22.5. The number of aromatic nitrogens is 3. The smallest absolute Gasteiger partial charge is 0.387 e. The molecule has 0 fully saturated rings. The van der Waals surface area contributed by atoms with Crippen molar-refractivity contribution in [2.45, 2.75) is 13.2 Å². The molecule has 0 saturated heterocycles. The summed E-state index contributed by atoms with van der Waals surface area (Å²) in [5.74, 6) is 0.330. The number of aromatic hydroxyl groups is 1. The fourth-order valence-corrected chi connectivity index (χ4v) is 2.23. The Hall–Kier alpha value is -1.74. The van der Waals surface area contributed by atoms with Crippen LogP contribution in [0.2, 0.25) is 0 Å². The summed E-state index contributed by atoms with van der Waals surface area (Å²) >= 11 is 8.16. The van der Waals surface area contributed by atoms with Crippen LogP contribution >= 0.6 is 54.5 Å². The molecule has 6 nitrogen and oxygen atoms in total. The Morgan fingerprint density at radius 3 is 1.53 bits per heavy atom. The van der Waals surface area contributed by atoms with Gasteiger partial charge in [0.1, 0.15) is 30.2 Å². The molecule has 0 radical (unpaired) electrons. The molecule has 0 aliphatic rings. The summed E-state index contributed by atoms with van der Waals surface area (Å²) in [4.78, 5) is 11.2. The van der Waals surface area contributed by atoms with E-state index in [0.29, 0.717) is 4.60 Å². The monoisotopic (exact) mass is 667 g/mol. The van der Waals surface area contributed by atoms with Crippen molar-refractivity contribution in [3.8, 4) is 17.2 Å². The predicted molar refractivity (Wildman–Crippen MR) is 116 cm³/mol. The summed E-state index contributed by atoms with van der Waals surface area (Å²) in [6.07, 6.45) is 3.86. The highest BCUT2D eigenvalue weighted by Gasteiger charge is 2.03. The lowest BCUT2D eigenvalue weighted by Crippen LogP contribution is -2.01. The van der Waals surface area contributed by atoms with Gasteiger partial charge in [-0.2, -0.15) is 17.6 Å². The van der Waals surface area contributed by atoms with Crippen molar-refractivity contribution in [3.05, 3.63) is 67.9 Å². The van der Waals surface area contributed by atoms with Gasteiger partial charge in [0, 0.05) is 0 Å².